The topological polar surface area (TPSA) is 59.1 Å². The minimum atomic E-state index is -3.01. The summed E-state index contributed by atoms with van der Waals surface area (Å²) in [6, 6.07) is 5.83. The SMILES string of the molecule is COc1ccc(OC)c(CN2CCN(CC=C(C)C)[C@H]3CS(=O)(=O)C[C@H]32)c1. The van der Waals surface area contributed by atoms with Gasteiger partial charge in [0, 0.05) is 43.8 Å². The van der Waals surface area contributed by atoms with Gasteiger partial charge >= 0.3 is 0 Å². The van der Waals surface area contributed by atoms with E-state index < -0.39 is 9.84 Å². The van der Waals surface area contributed by atoms with E-state index in [9.17, 15) is 8.42 Å². The third-order valence-corrected chi connectivity index (χ3v) is 7.20. The second-order valence-corrected chi connectivity index (χ2v) is 9.79. The Morgan fingerprint density at radius 2 is 1.78 bits per heavy atom. The quantitative estimate of drug-likeness (QED) is 0.688. The van der Waals surface area contributed by atoms with Gasteiger partial charge in [0.2, 0.25) is 0 Å². The van der Waals surface area contributed by atoms with Crippen LogP contribution in [0.25, 0.3) is 0 Å². The maximum absolute atomic E-state index is 12.4. The fraction of sp³-hybridized carbons (Fsp3) is 0.600. The Morgan fingerprint density at radius 3 is 2.41 bits per heavy atom. The van der Waals surface area contributed by atoms with Crippen LogP contribution in [0.1, 0.15) is 19.4 Å². The van der Waals surface area contributed by atoms with E-state index in [1.165, 1.54) is 5.57 Å². The van der Waals surface area contributed by atoms with E-state index in [4.69, 9.17) is 9.47 Å². The number of rotatable bonds is 6. The minimum Gasteiger partial charge on any atom is -0.497 e. The van der Waals surface area contributed by atoms with Crippen molar-refractivity contribution in [2.45, 2.75) is 32.5 Å². The summed E-state index contributed by atoms with van der Waals surface area (Å²) in [5.74, 6) is 2.07. The zero-order chi connectivity index (χ0) is 19.6. The van der Waals surface area contributed by atoms with Crippen LogP contribution in [-0.4, -0.2) is 75.7 Å². The molecule has 1 aromatic rings. The van der Waals surface area contributed by atoms with Crippen LogP contribution in [0.5, 0.6) is 11.5 Å². The number of sulfone groups is 1. The van der Waals surface area contributed by atoms with Gasteiger partial charge in [-0.3, -0.25) is 9.80 Å². The van der Waals surface area contributed by atoms with Gasteiger partial charge in [-0.1, -0.05) is 11.6 Å². The lowest BCUT2D eigenvalue weighted by Crippen LogP contribution is -2.58. The number of benzene rings is 1. The molecular weight excluding hydrogens is 364 g/mol. The normalized spacial score (nSPS) is 25.0. The smallest absolute Gasteiger partial charge is 0.153 e. The predicted molar refractivity (Wildman–Crippen MR) is 107 cm³/mol. The van der Waals surface area contributed by atoms with Crippen LogP contribution in [0.15, 0.2) is 29.8 Å². The van der Waals surface area contributed by atoms with Crippen LogP contribution in [0.4, 0.5) is 0 Å². The summed E-state index contributed by atoms with van der Waals surface area (Å²) >= 11 is 0. The number of methoxy groups -OCH3 is 2. The first-order valence-electron chi connectivity index (χ1n) is 9.36. The van der Waals surface area contributed by atoms with E-state index in [1.807, 2.05) is 18.2 Å². The largest absolute Gasteiger partial charge is 0.497 e. The molecule has 0 aromatic heterocycles. The molecule has 0 N–H and O–H groups in total. The average molecular weight is 395 g/mol. The molecule has 0 bridgehead atoms. The first-order valence-corrected chi connectivity index (χ1v) is 11.2. The van der Waals surface area contributed by atoms with Crippen molar-refractivity contribution in [1.82, 2.24) is 9.80 Å². The Balaban J connectivity index is 1.83. The van der Waals surface area contributed by atoms with E-state index in [0.29, 0.717) is 6.54 Å². The number of hydrogen-bond acceptors (Lipinski definition) is 6. The number of allylic oxidation sites excluding steroid dienone is 1. The summed E-state index contributed by atoms with van der Waals surface area (Å²) in [5, 5.41) is 0. The molecule has 0 amide bonds. The molecule has 0 radical (unpaired) electrons. The van der Waals surface area contributed by atoms with E-state index >= 15 is 0 Å². The van der Waals surface area contributed by atoms with Gasteiger partial charge in [-0.05, 0) is 32.0 Å². The van der Waals surface area contributed by atoms with Crippen LogP contribution in [-0.2, 0) is 16.4 Å². The van der Waals surface area contributed by atoms with Crippen molar-refractivity contribution >= 4 is 9.84 Å². The van der Waals surface area contributed by atoms with Crippen molar-refractivity contribution in [1.29, 1.82) is 0 Å². The summed E-state index contributed by atoms with van der Waals surface area (Å²) in [4.78, 5) is 4.62. The van der Waals surface area contributed by atoms with Gasteiger partial charge in [-0.15, -0.1) is 0 Å². The zero-order valence-electron chi connectivity index (χ0n) is 16.6. The molecule has 150 valence electrons. The highest BCUT2D eigenvalue weighted by atomic mass is 32.2. The molecule has 27 heavy (non-hydrogen) atoms. The van der Waals surface area contributed by atoms with E-state index in [0.717, 1.165) is 36.7 Å². The van der Waals surface area contributed by atoms with Crippen molar-refractivity contribution in [3.8, 4) is 11.5 Å². The summed E-state index contributed by atoms with van der Waals surface area (Å²) in [7, 11) is 0.290. The van der Waals surface area contributed by atoms with Crippen molar-refractivity contribution in [3.05, 3.63) is 35.4 Å². The second-order valence-electron chi connectivity index (χ2n) is 7.64. The van der Waals surface area contributed by atoms with Crippen molar-refractivity contribution < 1.29 is 17.9 Å². The second kappa shape index (κ2) is 8.20. The Labute approximate surface area is 162 Å². The highest BCUT2D eigenvalue weighted by Crippen LogP contribution is 2.31. The van der Waals surface area contributed by atoms with Gasteiger partial charge in [-0.2, -0.15) is 0 Å². The molecule has 3 rings (SSSR count). The number of piperazine rings is 1. The number of hydrogen-bond donors (Lipinski definition) is 0. The predicted octanol–water partition coefficient (Wildman–Crippen LogP) is 1.95. The molecule has 0 aliphatic carbocycles. The van der Waals surface area contributed by atoms with Crippen LogP contribution >= 0.6 is 0 Å². The van der Waals surface area contributed by atoms with Gasteiger partial charge in [0.1, 0.15) is 11.5 Å². The van der Waals surface area contributed by atoms with Gasteiger partial charge in [0.15, 0.2) is 9.84 Å². The average Bonchev–Trinajstić information content (AvgIpc) is 2.96. The van der Waals surface area contributed by atoms with Gasteiger partial charge < -0.3 is 9.47 Å². The number of fused-ring (bicyclic) bond motifs is 1. The van der Waals surface area contributed by atoms with Crippen LogP contribution < -0.4 is 9.47 Å². The monoisotopic (exact) mass is 394 g/mol. The maximum Gasteiger partial charge on any atom is 0.153 e. The highest BCUT2D eigenvalue weighted by molar-refractivity contribution is 7.91. The first kappa shape index (κ1) is 20.2. The highest BCUT2D eigenvalue weighted by Gasteiger charge is 2.46. The summed E-state index contributed by atoms with van der Waals surface area (Å²) in [6.45, 7) is 7.34. The molecule has 0 saturated carbocycles. The lowest BCUT2D eigenvalue weighted by molar-refractivity contribution is 0.0473. The molecule has 1 aromatic carbocycles. The molecule has 2 aliphatic heterocycles. The van der Waals surface area contributed by atoms with Crippen molar-refractivity contribution in [2.75, 3.05) is 45.4 Å². The number of ether oxygens (including phenoxy) is 2. The van der Waals surface area contributed by atoms with E-state index in [2.05, 4.69) is 29.7 Å². The Bertz CT molecular complexity index is 802. The molecule has 7 heteroatoms. The standard InChI is InChI=1S/C20H30N2O4S/c1-15(2)7-8-21-9-10-22(19-14-27(23,24)13-18(19)21)12-16-11-17(25-3)5-6-20(16)26-4/h5-7,11,18-19H,8-10,12-14H2,1-4H3/t18-,19+/m0/s1. The zero-order valence-corrected chi connectivity index (χ0v) is 17.5. The maximum atomic E-state index is 12.4. The van der Waals surface area contributed by atoms with Crippen molar-refractivity contribution in [3.63, 3.8) is 0 Å². The third kappa shape index (κ3) is 4.65. The molecule has 6 nitrogen and oxygen atoms in total. The van der Waals surface area contributed by atoms with Gasteiger partial charge in [0.25, 0.3) is 0 Å². The first-order chi connectivity index (χ1) is 12.8. The summed E-state index contributed by atoms with van der Waals surface area (Å²) in [5.41, 5.74) is 2.29. The molecule has 2 fully saturated rings. The summed E-state index contributed by atoms with van der Waals surface area (Å²) < 4.78 is 35.6. The lowest BCUT2D eigenvalue weighted by atomic mass is 10.0. The molecule has 2 atom stereocenters. The third-order valence-electron chi connectivity index (χ3n) is 5.50. The Kier molecular flexibility index (Phi) is 6.13. The Hall–Kier alpha value is -1.57. The fourth-order valence-corrected chi connectivity index (χ4v) is 6.09. The Morgan fingerprint density at radius 1 is 1.11 bits per heavy atom. The summed E-state index contributed by atoms with van der Waals surface area (Å²) in [6.07, 6.45) is 2.18. The van der Waals surface area contributed by atoms with Gasteiger partial charge in [-0.25, -0.2) is 8.42 Å². The molecule has 2 heterocycles. The van der Waals surface area contributed by atoms with Crippen LogP contribution in [0.2, 0.25) is 0 Å². The van der Waals surface area contributed by atoms with Crippen LogP contribution in [0, 0.1) is 0 Å². The molecule has 0 unspecified atom stereocenters. The van der Waals surface area contributed by atoms with E-state index in [1.54, 1.807) is 14.2 Å². The molecule has 0 spiro atoms. The lowest BCUT2D eigenvalue weighted by Gasteiger charge is -2.43. The molecule has 2 aliphatic rings. The van der Waals surface area contributed by atoms with Crippen molar-refractivity contribution in [2.24, 2.45) is 0 Å². The van der Waals surface area contributed by atoms with E-state index in [-0.39, 0.29) is 23.6 Å². The molecule has 2 saturated heterocycles. The van der Waals surface area contributed by atoms with Crippen LogP contribution in [0.3, 0.4) is 0 Å². The number of nitrogens with zero attached hydrogens (tertiary/aromatic N) is 2. The fourth-order valence-electron chi connectivity index (χ4n) is 4.04. The molecular formula is C20H30N2O4S. The minimum absolute atomic E-state index is 0.0187. The van der Waals surface area contributed by atoms with Gasteiger partial charge in [0.05, 0.1) is 25.7 Å².